The highest BCUT2D eigenvalue weighted by molar-refractivity contribution is 6.30. The second-order valence-electron chi connectivity index (χ2n) is 10.7. The highest BCUT2D eigenvalue weighted by atomic mass is 35.5. The lowest BCUT2D eigenvalue weighted by molar-refractivity contribution is -0.167. The van der Waals surface area contributed by atoms with Gasteiger partial charge in [0, 0.05) is 37.1 Å². The first kappa shape index (κ1) is 26.6. The number of allylic oxidation sites excluding steroid dienone is 1. The van der Waals surface area contributed by atoms with Gasteiger partial charge in [-0.3, -0.25) is 4.79 Å². The summed E-state index contributed by atoms with van der Waals surface area (Å²) in [6.07, 6.45) is 8.44. The molecule has 3 aliphatic rings. The molecule has 38 heavy (non-hydrogen) atoms. The Morgan fingerprint density at radius 1 is 1.16 bits per heavy atom. The average molecular weight is 539 g/mol. The highest BCUT2D eigenvalue weighted by Gasteiger charge is 2.45. The molecule has 0 radical (unpaired) electrons. The molecule has 1 N–H and O–H groups in total. The van der Waals surface area contributed by atoms with Crippen molar-refractivity contribution in [3.63, 3.8) is 0 Å². The van der Waals surface area contributed by atoms with E-state index in [2.05, 4.69) is 23.1 Å². The molecule has 8 heteroatoms. The minimum absolute atomic E-state index is 0.212. The summed E-state index contributed by atoms with van der Waals surface area (Å²) in [5.74, 6) is -0.512. The molecule has 0 unspecified atom stereocenters. The molecule has 1 aliphatic carbocycles. The van der Waals surface area contributed by atoms with Crippen molar-refractivity contribution in [1.82, 2.24) is 4.90 Å². The second kappa shape index (κ2) is 10.6. The number of rotatable bonds is 1. The fourth-order valence-electron chi connectivity index (χ4n) is 6.07. The number of aliphatic hydroxyl groups is 1. The van der Waals surface area contributed by atoms with Gasteiger partial charge in [-0.15, -0.1) is 0 Å². The summed E-state index contributed by atoms with van der Waals surface area (Å²) in [6.45, 7) is 2.44. The van der Waals surface area contributed by atoms with Gasteiger partial charge in [-0.2, -0.15) is 0 Å². The molecule has 7 nitrogen and oxygen atoms in total. The number of benzene rings is 2. The Bertz CT molecular complexity index is 1260. The van der Waals surface area contributed by atoms with Crippen LogP contribution in [-0.4, -0.2) is 62.3 Å². The van der Waals surface area contributed by atoms with Gasteiger partial charge in [0.1, 0.15) is 5.75 Å². The number of carbonyl (C=O) groups is 2. The van der Waals surface area contributed by atoms with Gasteiger partial charge in [0.15, 0.2) is 5.60 Å². The van der Waals surface area contributed by atoms with Gasteiger partial charge in [-0.05, 0) is 73.1 Å². The Labute approximate surface area is 229 Å². The van der Waals surface area contributed by atoms with Crippen molar-refractivity contribution >= 4 is 29.2 Å². The number of methoxy groups -OCH3 is 1. The van der Waals surface area contributed by atoms with E-state index < -0.39 is 18.0 Å². The van der Waals surface area contributed by atoms with E-state index in [4.69, 9.17) is 21.1 Å². The molecule has 202 valence electrons. The monoisotopic (exact) mass is 538 g/mol. The van der Waals surface area contributed by atoms with Gasteiger partial charge in [-0.1, -0.05) is 35.9 Å². The predicted octanol–water partition coefficient (Wildman–Crippen LogP) is 4.37. The zero-order valence-electron chi connectivity index (χ0n) is 22.0. The van der Waals surface area contributed by atoms with Crippen molar-refractivity contribution in [3.8, 4) is 5.75 Å². The lowest BCUT2D eigenvalue weighted by Gasteiger charge is -2.41. The molecule has 1 amide bonds. The molecular weight excluding hydrogens is 504 g/mol. The molecule has 0 saturated carbocycles. The zero-order chi connectivity index (χ0) is 26.9. The SMILES string of the molecule is COC(=O)[C@@]1(O)CC(=O)N(C)C/C=C\CCCN2C[C@@]3(CCCc4cc(Cl)ccc43)COc3ccc1cc32. The Hall–Kier alpha value is -3.03. The minimum Gasteiger partial charge on any atom is -0.490 e. The van der Waals surface area contributed by atoms with Gasteiger partial charge >= 0.3 is 5.97 Å². The first-order valence-corrected chi connectivity index (χ1v) is 13.6. The number of fused-ring (bicyclic) bond motifs is 3. The summed E-state index contributed by atoms with van der Waals surface area (Å²) >= 11 is 6.35. The van der Waals surface area contributed by atoms with Crippen LogP contribution in [0.25, 0.3) is 0 Å². The Morgan fingerprint density at radius 2 is 2.00 bits per heavy atom. The molecule has 2 atom stereocenters. The predicted molar refractivity (Wildman–Crippen MR) is 147 cm³/mol. The minimum atomic E-state index is -2.12. The third-order valence-electron chi connectivity index (χ3n) is 8.22. The third kappa shape index (κ3) is 4.90. The van der Waals surface area contributed by atoms with Crippen LogP contribution in [0.1, 0.15) is 48.8 Å². The number of anilines is 1. The zero-order valence-corrected chi connectivity index (χ0v) is 22.8. The lowest BCUT2D eigenvalue weighted by Crippen LogP contribution is -2.46. The fraction of sp³-hybridized carbons (Fsp3) is 0.467. The number of carbonyl (C=O) groups excluding carboxylic acids is 2. The number of aryl methyl sites for hydroxylation is 1. The van der Waals surface area contributed by atoms with Crippen LogP contribution in [0, 0.1) is 0 Å². The Morgan fingerprint density at radius 3 is 2.82 bits per heavy atom. The maximum absolute atomic E-state index is 13.0. The average Bonchev–Trinajstić information content (AvgIpc) is 3.06. The summed E-state index contributed by atoms with van der Waals surface area (Å²) < 4.78 is 11.5. The molecule has 0 fully saturated rings. The maximum Gasteiger partial charge on any atom is 0.343 e. The number of esters is 1. The number of hydrogen-bond acceptors (Lipinski definition) is 6. The second-order valence-corrected chi connectivity index (χ2v) is 11.2. The number of amides is 1. The molecular formula is C30H35ClN2O5. The quantitative estimate of drug-likeness (QED) is 0.429. The molecule has 0 saturated heterocycles. The van der Waals surface area contributed by atoms with Crippen molar-refractivity contribution < 1.29 is 24.2 Å². The number of ether oxygens (including phenoxy) is 2. The van der Waals surface area contributed by atoms with Crippen LogP contribution in [0.15, 0.2) is 48.6 Å². The van der Waals surface area contributed by atoms with Crippen molar-refractivity contribution in [3.05, 3.63) is 70.3 Å². The van der Waals surface area contributed by atoms with Gasteiger partial charge in [-0.25, -0.2) is 4.79 Å². The molecule has 2 aromatic carbocycles. The standard InChI is InChI=1S/C30H35ClN2O5/c1-32-14-5-3-4-6-15-33-19-29(13-7-8-21-16-23(31)10-11-24(21)29)20-38-26-12-9-22(17-25(26)33)30(36,18-27(32)34)28(35)37-2/h3,5,9-12,16-17,36H,4,6-8,13-15,18-20H2,1-2H3/b5-3-/t29-,30+/m0/s1. The van der Waals surface area contributed by atoms with E-state index in [-0.39, 0.29) is 11.3 Å². The summed E-state index contributed by atoms with van der Waals surface area (Å²) in [4.78, 5) is 29.7. The molecule has 0 aromatic heterocycles. The molecule has 2 aliphatic heterocycles. The van der Waals surface area contributed by atoms with Crippen molar-refractivity contribution in [2.75, 3.05) is 45.3 Å². The highest BCUT2D eigenvalue weighted by Crippen LogP contribution is 2.45. The van der Waals surface area contributed by atoms with Gasteiger partial charge < -0.3 is 24.4 Å². The van der Waals surface area contributed by atoms with E-state index in [1.165, 1.54) is 23.1 Å². The summed E-state index contributed by atoms with van der Waals surface area (Å²) in [5, 5.41) is 12.4. The normalized spacial score (nSPS) is 26.6. The van der Waals surface area contributed by atoms with Crippen LogP contribution in [-0.2, 0) is 31.8 Å². The van der Waals surface area contributed by atoms with Gasteiger partial charge in [0.2, 0.25) is 5.91 Å². The molecule has 2 heterocycles. The van der Waals surface area contributed by atoms with Crippen molar-refractivity contribution in [2.45, 2.75) is 49.5 Å². The van der Waals surface area contributed by atoms with Crippen LogP contribution in [0.2, 0.25) is 5.02 Å². The number of nitrogens with zero attached hydrogens (tertiary/aromatic N) is 2. The number of hydrogen-bond donors (Lipinski definition) is 1. The fourth-order valence-corrected chi connectivity index (χ4v) is 6.27. The molecule has 2 bridgehead atoms. The van der Waals surface area contributed by atoms with Crippen LogP contribution < -0.4 is 9.64 Å². The lowest BCUT2D eigenvalue weighted by atomic mass is 9.70. The topological polar surface area (TPSA) is 79.3 Å². The van der Waals surface area contributed by atoms with Crippen molar-refractivity contribution in [2.24, 2.45) is 0 Å². The molecule has 1 spiro atoms. The molecule has 2 aromatic rings. The van der Waals surface area contributed by atoms with E-state index in [0.29, 0.717) is 24.5 Å². The number of likely N-dealkylation sites (N-methyl/N-ethyl adjacent to an activating group) is 1. The summed E-state index contributed by atoms with van der Waals surface area (Å²) in [6, 6.07) is 11.4. The van der Waals surface area contributed by atoms with Crippen molar-refractivity contribution in [1.29, 1.82) is 0 Å². The van der Waals surface area contributed by atoms with E-state index in [1.807, 2.05) is 12.1 Å². The van der Waals surface area contributed by atoms with Crippen LogP contribution in [0.5, 0.6) is 5.75 Å². The van der Waals surface area contributed by atoms with Crippen LogP contribution in [0.4, 0.5) is 5.69 Å². The van der Waals surface area contributed by atoms with Gasteiger partial charge in [0.25, 0.3) is 0 Å². The smallest absolute Gasteiger partial charge is 0.343 e. The van der Waals surface area contributed by atoms with Crippen LogP contribution >= 0.6 is 11.6 Å². The Kier molecular flexibility index (Phi) is 7.43. The van der Waals surface area contributed by atoms with Gasteiger partial charge in [0.05, 0.1) is 25.8 Å². The number of halogens is 1. The first-order chi connectivity index (χ1) is 18.3. The Balaban J connectivity index is 1.60. The van der Waals surface area contributed by atoms with E-state index >= 15 is 0 Å². The van der Waals surface area contributed by atoms with E-state index in [1.54, 1.807) is 25.2 Å². The first-order valence-electron chi connectivity index (χ1n) is 13.3. The van der Waals surface area contributed by atoms with E-state index in [0.717, 1.165) is 55.9 Å². The molecule has 5 rings (SSSR count). The maximum atomic E-state index is 13.0. The summed E-state index contributed by atoms with van der Waals surface area (Å²) in [5.41, 5.74) is 1.34. The summed E-state index contributed by atoms with van der Waals surface area (Å²) in [7, 11) is 2.88. The third-order valence-corrected chi connectivity index (χ3v) is 8.45. The largest absolute Gasteiger partial charge is 0.490 e. The van der Waals surface area contributed by atoms with Crippen LogP contribution in [0.3, 0.4) is 0 Å². The van der Waals surface area contributed by atoms with E-state index in [9.17, 15) is 14.7 Å².